The highest BCUT2D eigenvalue weighted by Crippen LogP contribution is 2.23. The van der Waals surface area contributed by atoms with Gasteiger partial charge in [0.2, 0.25) is 0 Å². The smallest absolute Gasteiger partial charge is 0.122 e. The minimum Gasteiger partial charge on any atom is -0.497 e. The lowest BCUT2D eigenvalue weighted by Gasteiger charge is -2.13. The summed E-state index contributed by atoms with van der Waals surface area (Å²) in [7, 11) is 3.36. The van der Waals surface area contributed by atoms with Crippen LogP contribution in [-0.2, 0) is 6.42 Å². The quantitative estimate of drug-likeness (QED) is 0.791. The Labute approximate surface area is 104 Å². The standard InChI is InChI=1S/C14H23NO2/c1-5-15-11(2)6-7-12-8-13(16-3)10-14(9-12)17-4/h8-11,15H,5-7H2,1-4H3. The molecule has 1 rings (SSSR count). The largest absolute Gasteiger partial charge is 0.497 e. The highest BCUT2D eigenvalue weighted by molar-refractivity contribution is 5.38. The molecule has 17 heavy (non-hydrogen) atoms. The summed E-state index contributed by atoms with van der Waals surface area (Å²) in [6, 6.07) is 6.58. The number of aryl methyl sites for hydroxylation is 1. The van der Waals surface area contributed by atoms with E-state index in [1.54, 1.807) is 14.2 Å². The maximum absolute atomic E-state index is 5.26. The molecule has 3 heteroatoms. The van der Waals surface area contributed by atoms with E-state index in [2.05, 4.69) is 31.3 Å². The topological polar surface area (TPSA) is 30.5 Å². The Morgan fingerprint density at radius 1 is 1.12 bits per heavy atom. The van der Waals surface area contributed by atoms with Gasteiger partial charge in [-0.25, -0.2) is 0 Å². The summed E-state index contributed by atoms with van der Waals surface area (Å²) in [6.45, 7) is 5.36. The second-order valence-corrected chi connectivity index (χ2v) is 4.22. The Kier molecular flexibility index (Phi) is 5.84. The van der Waals surface area contributed by atoms with Crippen LogP contribution in [0.5, 0.6) is 11.5 Å². The Morgan fingerprint density at radius 3 is 2.18 bits per heavy atom. The van der Waals surface area contributed by atoms with Crippen molar-refractivity contribution in [2.45, 2.75) is 32.7 Å². The van der Waals surface area contributed by atoms with Gasteiger partial charge in [-0.05, 0) is 44.0 Å². The van der Waals surface area contributed by atoms with Crippen LogP contribution in [0.15, 0.2) is 18.2 Å². The first-order valence-electron chi connectivity index (χ1n) is 6.15. The number of benzene rings is 1. The van der Waals surface area contributed by atoms with E-state index in [9.17, 15) is 0 Å². The molecule has 1 unspecified atom stereocenters. The lowest BCUT2D eigenvalue weighted by molar-refractivity contribution is 0.393. The summed E-state index contributed by atoms with van der Waals surface area (Å²) in [4.78, 5) is 0. The fourth-order valence-corrected chi connectivity index (χ4v) is 1.84. The third-order valence-electron chi connectivity index (χ3n) is 2.83. The van der Waals surface area contributed by atoms with E-state index in [4.69, 9.17) is 9.47 Å². The van der Waals surface area contributed by atoms with Crippen molar-refractivity contribution in [3.8, 4) is 11.5 Å². The molecule has 0 aliphatic heterocycles. The van der Waals surface area contributed by atoms with Gasteiger partial charge in [0, 0.05) is 12.1 Å². The molecule has 1 N–H and O–H groups in total. The second kappa shape index (κ2) is 7.17. The molecule has 1 atom stereocenters. The molecule has 0 fully saturated rings. The predicted molar refractivity (Wildman–Crippen MR) is 71.0 cm³/mol. The molecule has 0 aromatic heterocycles. The van der Waals surface area contributed by atoms with E-state index in [1.807, 2.05) is 6.07 Å². The van der Waals surface area contributed by atoms with Crippen molar-refractivity contribution in [1.29, 1.82) is 0 Å². The van der Waals surface area contributed by atoms with Gasteiger partial charge in [-0.3, -0.25) is 0 Å². The predicted octanol–water partition coefficient (Wildman–Crippen LogP) is 2.63. The Bertz CT molecular complexity index is 317. The zero-order chi connectivity index (χ0) is 12.7. The van der Waals surface area contributed by atoms with Gasteiger partial charge in [-0.15, -0.1) is 0 Å². The number of hydrogen-bond donors (Lipinski definition) is 1. The zero-order valence-electron chi connectivity index (χ0n) is 11.2. The van der Waals surface area contributed by atoms with Crippen LogP contribution in [0.25, 0.3) is 0 Å². The number of methoxy groups -OCH3 is 2. The Hall–Kier alpha value is -1.22. The molecule has 0 saturated heterocycles. The molecule has 96 valence electrons. The Morgan fingerprint density at radius 2 is 1.71 bits per heavy atom. The average molecular weight is 237 g/mol. The van der Waals surface area contributed by atoms with E-state index in [-0.39, 0.29) is 0 Å². The minimum absolute atomic E-state index is 0.539. The third-order valence-corrected chi connectivity index (χ3v) is 2.83. The normalized spacial score (nSPS) is 12.2. The summed E-state index contributed by atoms with van der Waals surface area (Å²) in [6.07, 6.45) is 2.14. The van der Waals surface area contributed by atoms with Gasteiger partial charge in [-0.1, -0.05) is 6.92 Å². The van der Waals surface area contributed by atoms with E-state index in [1.165, 1.54) is 5.56 Å². The van der Waals surface area contributed by atoms with Gasteiger partial charge in [-0.2, -0.15) is 0 Å². The van der Waals surface area contributed by atoms with Crippen molar-refractivity contribution in [1.82, 2.24) is 5.32 Å². The summed E-state index contributed by atoms with van der Waals surface area (Å²) < 4.78 is 10.5. The number of nitrogens with one attached hydrogen (secondary N) is 1. The summed E-state index contributed by atoms with van der Waals surface area (Å²) in [5.74, 6) is 1.71. The maximum atomic E-state index is 5.26. The molecule has 0 spiro atoms. The molecular weight excluding hydrogens is 214 g/mol. The molecule has 1 aromatic rings. The van der Waals surface area contributed by atoms with Gasteiger partial charge in [0.05, 0.1) is 14.2 Å². The average Bonchev–Trinajstić information content (AvgIpc) is 2.36. The summed E-state index contributed by atoms with van der Waals surface area (Å²) in [5.41, 5.74) is 1.26. The van der Waals surface area contributed by atoms with E-state index < -0.39 is 0 Å². The number of rotatable bonds is 7. The highest BCUT2D eigenvalue weighted by atomic mass is 16.5. The fourth-order valence-electron chi connectivity index (χ4n) is 1.84. The van der Waals surface area contributed by atoms with Gasteiger partial charge in [0.15, 0.2) is 0 Å². The van der Waals surface area contributed by atoms with Gasteiger partial charge < -0.3 is 14.8 Å². The molecule has 0 aliphatic rings. The van der Waals surface area contributed by atoms with E-state index in [0.29, 0.717) is 6.04 Å². The third kappa shape index (κ3) is 4.65. The first kappa shape index (κ1) is 13.8. The van der Waals surface area contributed by atoms with E-state index >= 15 is 0 Å². The van der Waals surface area contributed by atoms with Crippen molar-refractivity contribution >= 4 is 0 Å². The molecule has 0 radical (unpaired) electrons. The molecule has 0 bridgehead atoms. The van der Waals surface area contributed by atoms with Crippen molar-refractivity contribution in [3.63, 3.8) is 0 Å². The molecule has 0 aliphatic carbocycles. The van der Waals surface area contributed by atoms with Crippen LogP contribution < -0.4 is 14.8 Å². The van der Waals surface area contributed by atoms with Crippen LogP contribution in [0.2, 0.25) is 0 Å². The molecular formula is C14H23NO2. The minimum atomic E-state index is 0.539. The van der Waals surface area contributed by atoms with Gasteiger partial charge in [0.1, 0.15) is 11.5 Å². The lowest BCUT2D eigenvalue weighted by atomic mass is 10.1. The zero-order valence-corrected chi connectivity index (χ0v) is 11.2. The molecule has 1 aromatic carbocycles. The lowest BCUT2D eigenvalue weighted by Crippen LogP contribution is -2.25. The first-order valence-corrected chi connectivity index (χ1v) is 6.15. The summed E-state index contributed by atoms with van der Waals surface area (Å²) >= 11 is 0. The molecule has 0 saturated carbocycles. The Balaban J connectivity index is 2.63. The van der Waals surface area contributed by atoms with Crippen molar-refractivity contribution in [3.05, 3.63) is 23.8 Å². The number of hydrogen-bond acceptors (Lipinski definition) is 3. The molecule has 0 amide bonds. The van der Waals surface area contributed by atoms with E-state index in [0.717, 1.165) is 30.9 Å². The maximum Gasteiger partial charge on any atom is 0.122 e. The summed E-state index contributed by atoms with van der Waals surface area (Å²) in [5, 5.41) is 3.41. The SMILES string of the molecule is CCNC(C)CCc1cc(OC)cc(OC)c1. The second-order valence-electron chi connectivity index (χ2n) is 4.22. The van der Waals surface area contributed by atoms with Crippen molar-refractivity contribution < 1.29 is 9.47 Å². The monoisotopic (exact) mass is 237 g/mol. The van der Waals surface area contributed by atoms with Crippen LogP contribution in [0.4, 0.5) is 0 Å². The highest BCUT2D eigenvalue weighted by Gasteiger charge is 2.04. The molecule has 0 heterocycles. The number of ether oxygens (including phenoxy) is 2. The van der Waals surface area contributed by atoms with Crippen LogP contribution in [0.3, 0.4) is 0 Å². The van der Waals surface area contributed by atoms with Crippen LogP contribution in [0, 0.1) is 0 Å². The molecule has 3 nitrogen and oxygen atoms in total. The van der Waals surface area contributed by atoms with Gasteiger partial charge >= 0.3 is 0 Å². The van der Waals surface area contributed by atoms with Crippen LogP contribution >= 0.6 is 0 Å². The fraction of sp³-hybridized carbons (Fsp3) is 0.571. The first-order chi connectivity index (χ1) is 8.19. The van der Waals surface area contributed by atoms with Crippen LogP contribution in [-0.4, -0.2) is 26.8 Å². The van der Waals surface area contributed by atoms with Gasteiger partial charge in [0.25, 0.3) is 0 Å². The van der Waals surface area contributed by atoms with Crippen LogP contribution in [0.1, 0.15) is 25.8 Å². The van der Waals surface area contributed by atoms with Crippen molar-refractivity contribution in [2.75, 3.05) is 20.8 Å². The van der Waals surface area contributed by atoms with Crippen molar-refractivity contribution in [2.24, 2.45) is 0 Å².